The number of halogens is 2. The fourth-order valence-corrected chi connectivity index (χ4v) is 4.87. The summed E-state index contributed by atoms with van der Waals surface area (Å²) in [7, 11) is -3.67. The molecule has 30 heavy (non-hydrogen) atoms. The first-order valence-corrected chi connectivity index (χ1v) is 11.4. The highest BCUT2D eigenvalue weighted by molar-refractivity contribution is 7.89. The normalized spacial score (nSPS) is 15.6. The van der Waals surface area contributed by atoms with Gasteiger partial charge in [0.05, 0.1) is 21.2 Å². The van der Waals surface area contributed by atoms with Crippen LogP contribution in [-0.2, 0) is 19.6 Å². The Morgan fingerprint density at radius 3 is 2.50 bits per heavy atom. The van der Waals surface area contributed by atoms with Crippen LogP contribution in [0.3, 0.4) is 0 Å². The predicted octanol–water partition coefficient (Wildman–Crippen LogP) is 3.96. The molecule has 10 heteroatoms. The molecule has 0 bridgehead atoms. The Morgan fingerprint density at radius 2 is 1.80 bits per heavy atom. The van der Waals surface area contributed by atoms with Gasteiger partial charge < -0.3 is 10.1 Å². The minimum atomic E-state index is -3.67. The summed E-state index contributed by atoms with van der Waals surface area (Å²) in [6.45, 7) is 2.32. The number of sulfonamides is 1. The largest absolute Gasteiger partial charge is 0.449 e. The van der Waals surface area contributed by atoms with Crippen LogP contribution < -0.4 is 5.32 Å². The van der Waals surface area contributed by atoms with E-state index < -0.39 is 28.0 Å². The van der Waals surface area contributed by atoms with Gasteiger partial charge in [0.1, 0.15) is 0 Å². The van der Waals surface area contributed by atoms with Crippen LogP contribution in [0.25, 0.3) is 0 Å². The number of esters is 1. The van der Waals surface area contributed by atoms with Crippen LogP contribution in [0.5, 0.6) is 0 Å². The maximum atomic E-state index is 12.7. The summed E-state index contributed by atoms with van der Waals surface area (Å²) < 4.78 is 32.0. The van der Waals surface area contributed by atoms with Crippen LogP contribution in [-0.4, -0.2) is 43.8 Å². The molecule has 3 rings (SSSR count). The molecule has 0 saturated carbocycles. The molecule has 1 aliphatic heterocycles. The summed E-state index contributed by atoms with van der Waals surface area (Å²) in [5.41, 5.74) is 0.325. The van der Waals surface area contributed by atoms with Gasteiger partial charge >= 0.3 is 5.97 Å². The molecular weight excluding hydrogens is 451 g/mol. The molecule has 1 N–H and O–H groups in total. The smallest absolute Gasteiger partial charge is 0.338 e. The van der Waals surface area contributed by atoms with Gasteiger partial charge in [-0.2, -0.15) is 4.31 Å². The van der Waals surface area contributed by atoms with Crippen LogP contribution in [0.2, 0.25) is 10.0 Å². The molecule has 1 atom stereocenters. The number of anilines is 1. The summed E-state index contributed by atoms with van der Waals surface area (Å²) in [6, 6.07) is 10.2. The molecule has 1 heterocycles. The van der Waals surface area contributed by atoms with Crippen molar-refractivity contribution in [3.05, 3.63) is 58.1 Å². The van der Waals surface area contributed by atoms with Crippen LogP contribution >= 0.6 is 23.2 Å². The Bertz CT molecular complexity index is 1070. The number of amides is 1. The summed E-state index contributed by atoms with van der Waals surface area (Å²) in [6.07, 6.45) is 0.473. The first-order chi connectivity index (χ1) is 14.2. The van der Waals surface area contributed by atoms with E-state index in [2.05, 4.69) is 5.32 Å². The molecule has 0 unspecified atom stereocenters. The lowest BCUT2D eigenvalue weighted by atomic mass is 10.2. The van der Waals surface area contributed by atoms with Gasteiger partial charge in [-0.25, -0.2) is 13.2 Å². The van der Waals surface area contributed by atoms with E-state index in [0.717, 1.165) is 12.8 Å². The third kappa shape index (κ3) is 5.13. The highest BCUT2D eigenvalue weighted by atomic mass is 35.5. The molecule has 2 aromatic carbocycles. The molecule has 1 fully saturated rings. The molecule has 0 aliphatic carbocycles. The van der Waals surface area contributed by atoms with E-state index in [9.17, 15) is 18.0 Å². The highest BCUT2D eigenvalue weighted by Gasteiger charge is 2.28. The van der Waals surface area contributed by atoms with Crippen molar-refractivity contribution >= 4 is 50.8 Å². The Kier molecular flexibility index (Phi) is 7.02. The number of hydrogen-bond donors (Lipinski definition) is 1. The van der Waals surface area contributed by atoms with Crippen molar-refractivity contribution in [1.82, 2.24) is 4.31 Å². The Hall–Kier alpha value is -2.13. The number of nitrogens with one attached hydrogen (secondary N) is 1. The standard InChI is InChI=1S/C20H20Cl2N2O5S/c1-13(19(25)23-18-12-15(21)7-8-17(18)22)29-20(26)14-5-4-6-16(11-14)30(27,28)24-9-2-3-10-24/h4-8,11-13H,2-3,9-10H2,1H3,(H,23,25)/t13-/m0/s1. The second-order valence-corrected chi connectivity index (χ2v) is 9.58. The number of ether oxygens (including phenoxy) is 1. The monoisotopic (exact) mass is 470 g/mol. The summed E-state index contributed by atoms with van der Waals surface area (Å²) in [5.74, 6) is -1.42. The zero-order valence-corrected chi connectivity index (χ0v) is 18.4. The van der Waals surface area contributed by atoms with E-state index in [1.165, 1.54) is 47.6 Å². The number of carbonyl (C=O) groups is 2. The van der Waals surface area contributed by atoms with Crippen LogP contribution in [0.1, 0.15) is 30.1 Å². The molecule has 1 saturated heterocycles. The Morgan fingerprint density at radius 1 is 1.10 bits per heavy atom. The molecule has 0 aromatic heterocycles. The molecule has 0 spiro atoms. The van der Waals surface area contributed by atoms with Crippen LogP contribution in [0.15, 0.2) is 47.4 Å². The average molecular weight is 471 g/mol. The summed E-state index contributed by atoms with van der Waals surface area (Å²) in [5, 5.41) is 3.21. The van der Waals surface area contributed by atoms with Crippen molar-refractivity contribution < 1.29 is 22.7 Å². The summed E-state index contributed by atoms with van der Waals surface area (Å²) >= 11 is 11.9. The van der Waals surface area contributed by atoms with Crippen LogP contribution in [0, 0.1) is 0 Å². The van der Waals surface area contributed by atoms with E-state index in [1.807, 2.05) is 0 Å². The third-order valence-corrected chi connectivity index (χ3v) is 7.07. The molecule has 1 amide bonds. The second kappa shape index (κ2) is 9.34. The Labute approximate surface area is 185 Å². The zero-order chi connectivity index (χ0) is 21.9. The Balaban J connectivity index is 1.69. The molecule has 0 radical (unpaired) electrons. The van der Waals surface area contributed by atoms with E-state index in [0.29, 0.717) is 18.1 Å². The van der Waals surface area contributed by atoms with Gasteiger partial charge in [0, 0.05) is 18.1 Å². The minimum Gasteiger partial charge on any atom is -0.449 e. The topological polar surface area (TPSA) is 92.8 Å². The van der Waals surface area contributed by atoms with Gasteiger partial charge in [0.2, 0.25) is 10.0 Å². The van der Waals surface area contributed by atoms with Crippen LogP contribution in [0.4, 0.5) is 5.69 Å². The maximum Gasteiger partial charge on any atom is 0.338 e. The first kappa shape index (κ1) is 22.6. The SMILES string of the molecule is C[C@H](OC(=O)c1cccc(S(=O)(=O)N2CCCC2)c1)C(=O)Nc1cc(Cl)ccc1Cl. The van der Waals surface area contributed by atoms with Crippen molar-refractivity contribution in [2.45, 2.75) is 30.8 Å². The summed E-state index contributed by atoms with van der Waals surface area (Å²) in [4.78, 5) is 24.8. The minimum absolute atomic E-state index is 0.0154. The van der Waals surface area contributed by atoms with Crippen molar-refractivity contribution in [1.29, 1.82) is 0 Å². The lowest BCUT2D eigenvalue weighted by Crippen LogP contribution is -2.30. The number of rotatable bonds is 6. The lowest BCUT2D eigenvalue weighted by Gasteiger charge is -2.17. The van der Waals surface area contributed by atoms with E-state index in [-0.39, 0.29) is 21.2 Å². The molecule has 160 valence electrons. The van der Waals surface area contributed by atoms with Crippen molar-refractivity contribution in [3.63, 3.8) is 0 Å². The van der Waals surface area contributed by atoms with Crippen molar-refractivity contribution in [3.8, 4) is 0 Å². The fraction of sp³-hybridized carbons (Fsp3) is 0.300. The lowest BCUT2D eigenvalue weighted by molar-refractivity contribution is -0.123. The predicted molar refractivity (Wildman–Crippen MR) is 114 cm³/mol. The molecule has 7 nitrogen and oxygen atoms in total. The van der Waals surface area contributed by atoms with Gasteiger partial charge in [-0.3, -0.25) is 4.79 Å². The number of hydrogen-bond acceptors (Lipinski definition) is 5. The average Bonchev–Trinajstić information content (AvgIpc) is 3.26. The first-order valence-electron chi connectivity index (χ1n) is 9.25. The van der Waals surface area contributed by atoms with Gasteiger partial charge in [0.25, 0.3) is 5.91 Å². The third-order valence-electron chi connectivity index (χ3n) is 4.61. The zero-order valence-electron chi connectivity index (χ0n) is 16.1. The number of benzene rings is 2. The fourth-order valence-electron chi connectivity index (χ4n) is 2.97. The number of nitrogens with zero attached hydrogens (tertiary/aromatic N) is 1. The van der Waals surface area contributed by atoms with Gasteiger partial charge in [0.15, 0.2) is 6.10 Å². The molecule has 2 aromatic rings. The maximum absolute atomic E-state index is 12.7. The van der Waals surface area contributed by atoms with Gasteiger partial charge in [-0.15, -0.1) is 0 Å². The van der Waals surface area contributed by atoms with E-state index >= 15 is 0 Å². The number of carbonyl (C=O) groups excluding carboxylic acids is 2. The molecule has 1 aliphatic rings. The highest BCUT2D eigenvalue weighted by Crippen LogP contribution is 2.26. The van der Waals surface area contributed by atoms with Crippen molar-refractivity contribution in [2.24, 2.45) is 0 Å². The quantitative estimate of drug-likeness (QED) is 0.644. The van der Waals surface area contributed by atoms with Gasteiger partial charge in [-0.05, 0) is 56.2 Å². The van der Waals surface area contributed by atoms with E-state index in [4.69, 9.17) is 27.9 Å². The second-order valence-electron chi connectivity index (χ2n) is 6.80. The van der Waals surface area contributed by atoms with Gasteiger partial charge in [-0.1, -0.05) is 29.3 Å². The van der Waals surface area contributed by atoms with Crippen molar-refractivity contribution in [2.75, 3.05) is 18.4 Å². The molecular formula is C20H20Cl2N2O5S. The van der Waals surface area contributed by atoms with E-state index in [1.54, 1.807) is 6.07 Å².